The summed E-state index contributed by atoms with van der Waals surface area (Å²) in [6.07, 6.45) is 7.79. The Morgan fingerprint density at radius 2 is 2.21 bits per heavy atom. The summed E-state index contributed by atoms with van der Waals surface area (Å²) < 4.78 is 5.20. The Kier molecular flexibility index (Phi) is 6.41. The number of thioether (sulfide) groups is 1. The molecule has 34 heavy (non-hydrogen) atoms. The minimum Gasteiger partial charge on any atom is -0.481 e. The van der Waals surface area contributed by atoms with Gasteiger partial charge in [0.05, 0.1) is 29.8 Å². The molecule has 3 aromatic heterocycles. The number of rotatable bonds is 6. The van der Waals surface area contributed by atoms with Crippen LogP contribution in [0.4, 0.5) is 11.4 Å². The van der Waals surface area contributed by atoms with Crippen molar-refractivity contribution >= 4 is 46.0 Å². The lowest BCUT2D eigenvalue weighted by Gasteiger charge is -2.23. The summed E-state index contributed by atoms with van der Waals surface area (Å²) in [6.45, 7) is 0.650. The van der Waals surface area contributed by atoms with Crippen LogP contribution in [-0.2, 0) is 16.1 Å². The maximum Gasteiger partial charge on any atom is 0.251 e. The second-order valence-electron chi connectivity index (χ2n) is 8.15. The first kappa shape index (κ1) is 22.3. The molecule has 0 radical (unpaired) electrons. The Bertz CT molecular complexity index is 1290. The predicted octanol–water partition coefficient (Wildman–Crippen LogP) is 3.28. The fourth-order valence-corrected chi connectivity index (χ4v) is 4.76. The van der Waals surface area contributed by atoms with E-state index in [9.17, 15) is 9.59 Å². The third-order valence-corrected chi connectivity index (χ3v) is 6.84. The number of fused-ring (bicyclic) bond motifs is 2. The van der Waals surface area contributed by atoms with Crippen molar-refractivity contribution in [1.82, 2.24) is 20.3 Å². The Balaban J connectivity index is 1.19. The van der Waals surface area contributed by atoms with Crippen molar-refractivity contribution in [2.24, 2.45) is 0 Å². The molecule has 1 aliphatic heterocycles. The third kappa shape index (κ3) is 4.87. The molecule has 2 aliphatic rings. The highest BCUT2D eigenvalue weighted by Gasteiger charge is 2.21. The number of aromatic nitrogens is 3. The van der Waals surface area contributed by atoms with Crippen molar-refractivity contribution in [3.05, 3.63) is 53.9 Å². The Morgan fingerprint density at radius 3 is 3.03 bits per heavy atom. The summed E-state index contributed by atoms with van der Waals surface area (Å²) >= 11 is 1.45. The van der Waals surface area contributed by atoms with Crippen LogP contribution in [0.15, 0.2) is 53.3 Å². The zero-order chi connectivity index (χ0) is 23.5. The molecular weight excluding hydrogens is 452 g/mol. The van der Waals surface area contributed by atoms with E-state index in [1.54, 1.807) is 25.4 Å². The first-order valence-corrected chi connectivity index (χ1v) is 12.0. The highest BCUT2D eigenvalue weighted by atomic mass is 32.2. The van der Waals surface area contributed by atoms with Crippen LogP contribution < -0.4 is 20.7 Å². The third-order valence-electron chi connectivity index (χ3n) is 5.83. The zero-order valence-electron chi connectivity index (χ0n) is 18.6. The molecule has 5 rings (SSSR count). The Labute approximate surface area is 200 Å². The molecule has 174 valence electrons. The number of methoxy groups -OCH3 is 1. The molecule has 0 saturated heterocycles. The Morgan fingerprint density at radius 1 is 1.29 bits per heavy atom. The number of nitrogens with zero attached hydrogens (tertiary/aromatic N) is 3. The van der Waals surface area contributed by atoms with Gasteiger partial charge in [-0.3, -0.25) is 14.6 Å². The van der Waals surface area contributed by atoms with Gasteiger partial charge in [-0.15, -0.1) is 0 Å². The van der Waals surface area contributed by atoms with Gasteiger partial charge in [0.1, 0.15) is 10.5 Å². The summed E-state index contributed by atoms with van der Waals surface area (Å²) in [4.78, 5) is 37.7. The van der Waals surface area contributed by atoms with E-state index in [0.29, 0.717) is 41.3 Å². The van der Waals surface area contributed by atoms with Gasteiger partial charge in [-0.05, 0) is 43.0 Å². The van der Waals surface area contributed by atoms with Gasteiger partial charge in [0.15, 0.2) is 0 Å². The summed E-state index contributed by atoms with van der Waals surface area (Å²) in [5.74, 6) is 0.756. The number of carbonyl (C=O) groups excluding carboxylic acids is 2. The van der Waals surface area contributed by atoms with E-state index in [1.165, 1.54) is 11.8 Å². The standard InChI is InChI=1S/C24H24N6O3S/c1-33-21-7-6-17-22(30-21)18(8-9-25-17)29-23(32)15-2-4-16(5-3-15)26-11-14-10-19-24(27-12-14)34-13-20(31)28-19/h2,6-10,12,16,26H,3-5,11,13H2,1H3,(H,28,31)(H,25,29,32). The molecule has 0 fully saturated rings. The lowest BCUT2D eigenvalue weighted by atomic mass is 9.94. The molecule has 2 amide bonds. The topological polar surface area (TPSA) is 118 Å². The van der Waals surface area contributed by atoms with Crippen molar-refractivity contribution in [1.29, 1.82) is 0 Å². The van der Waals surface area contributed by atoms with Gasteiger partial charge in [0.2, 0.25) is 11.8 Å². The van der Waals surface area contributed by atoms with E-state index >= 15 is 0 Å². The van der Waals surface area contributed by atoms with Crippen LogP contribution in [0.25, 0.3) is 11.0 Å². The number of ether oxygens (including phenoxy) is 1. The number of anilines is 2. The van der Waals surface area contributed by atoms with Gasteiger partial charge >= 0.3 is 0 Å². The van der Waals surface area contributed by atoms with Crippen LogP contribution in [0.3, 0.4) is 0 Å². The van der Waals surface area contributed by atoms with Crippen LogP contribution in [0.5, 0.6) is 5.88 Å². The van der Waals surface area contributed by atoms with Gasteiger partial charge in [-0.1, -0.05) is 17.8 Å². The van der Waals surface area contributed by atoms with Crippen molar-refractivity contribution in [2.75, 3.05) is 23.5 Å². The van der Waals surface area contributed by atoms with E-state index in [4.69, 9.17) is 4.74 Å². The van der Waals surface area contributed by atoms with E-state index < -0.39 is 0 Å². The first-order chi connectivity index (χ1) is 16.6. The van der Waals surface area contributed by atoms with Gasteiger partial charge in [-0.25, -0.2) is 9.97 Å². The van der Waals surface area contributed by atoms with Crippen LogP contribution in [0, 0.1) is 0 Å². The van der Waals surface area contributed by atoms with E-state index in [2.05, 4.69) is 30.9 Å². The SMILES string of the molecule is COc1ccc2nccc(NC(=O)C3=CCC(NCc4cnc5c(c4)NC(=O)CS5)CC3)c2n1. The molecule has 3 aromatic rings. The fourth-order valence-electron chi connectivity index (χ4n) is 4.03. The van der Waals surface area contributed by atoms with Crippen molar-refractivity contribution in [3.63, 3.8) is 0 Å². The quantitative estimate of drug-likeness (QED) is 0.496. The molecule has 0 bridgehead atoms. The highest BCUT2D eigenvalue weighted by Crippen LogP contribution is 2.30. The molecule has 9 nitrogen and oxygen atoms in total. The van der Waals surface area contributed by atoms with Crippen LogP contribution >= 0.6 is 11.8 Å². The lowest BCUT2D eigenvalue weighted by Crippen LogP contribution is -2.31. The molecule has 1 aliphatic carbocycles. The zero-order valence-corrected chi connectivity index (χ0v) is 19.4. The number of amides is 2. The predicted molar refractivity (Wildman–Crippen MR) is 131 cm³/mol. The molecular formula is C24H24N6O3S. The number of hydrogen-bond acceptors (Lipinski definition) is 8. The molecule has 0 saturated carbocycles. The second-order valence-corrected chi connectivity index (χ2v) is 9.11. The second kappa shape index (κ2) is 9.78. The van der Waals surface area contributed by atoms with E-state index in [0.717, 1.165) is 34.7 Å². The number of carbonyl (C=O) groups is 2. The summed E-state index contributed by atoms with van der Waals surface area (Å²) in [7, 11) is 1.55. The smallest absolute Gasteiger partial charge is 0.251 e. The maximum atomic E-state index is 12.9. The summed E-state index contributed by atoms with van der Waals surface area (Å²) in [6, 6.07) is 7.54. The van der Waals surface area contributed by atoms with Gasteiger partial charge in [0.25, 0.3) is 5.91 Å². The van der Waals surface area contributed by atoms with Gasteiger partial charge in [-0.2, -0.15) is 0 Å². The Hall–Kier alpha value is -3.50. The van der Waals surface area contributed by atoms with Crippen molar-refractivity contribution in [3.8, 4) is 5.88 Å². The molecule has 0 spiro atoms. The highest BCUT2D eigenvalue weighted by molar-refractivity contribution is 8.00. The van der Waals surface area contributed by atoms with Crippen LogP contribution in [0.1, 0.15) is 24.8 Å². The summed E-state index contributed by atoms with van der Waals surface area (Å²) in [5, 5.41) is 10.2. The minimum atomic E-state index is -0.123. The molecule has 1 atom stereocenters. The number of pyridine rings is 3. The van der Waals surface area contributed by atoms with Crippen molar-refractivity contribution < 1.29 is 14.3 Å². The summed E-state index contributed by atoms with van der Waals surface area (Å²) in [5.41, 5.74) is 4.45. The normalized spacial score (nSPS) is 17.5. The van der Waals surface area contributed by atoms with E-state index in [-0.39, 0.29) is 17.9 Å². The van der Waals surface area contributed by atoms with Crippen molar-refractivity contribution in [2.45, 2.75) is 36.9 Å². The van der Waals surface area contributed by atoms with E-state index in [1.807, 2.05) is 24.4 Å². The maximum absolute atomic E-state index is 12.9. The molecule has 1 unspecified atom stereocenters. The molecule has 3 N–H and O–H groups in total. The molecule has 4 heterocycles. The monoisotopic (exact) mass is 476 g/mol. The lowest BCUT2D eigenvalue weighted by molar-refractivity contribution is -0.114. The largest absolute Gasteiger partial charge is 0.481 e. The fraction of sp³-hybridized carbons (Fsp3) is 0.292. The molecule has 0 aromatic carbocycles. The average molecular weight is 477 g/mol. The average Bonchev–Trinajstić information content (AvgIpc) is 2.87. The number of nitrogens with one attached hydrogen (secondary N) is 3. The van der Waals surface area contributed by atoms with Crippen LogP contribution in [0.2, 0.25) is 0 Å². The first-order valence-electron chi connectivity index (χ1n) is 11.0. The minimum absolute atomic E-state index is 0.00214. The van der Waals surface area contributed by atoms with Gasteiger partial charge in [0, 0.05) is 36.6 Å². The molecule has 10 heteroatoms. The van der Waals surface area contributed by atoms with Gasteiger partial charge < -0.3 is 20.7 Å². The number of hydrogen-bond donors (Lipinski definition) is 3. The van der Waals surface area contributed by atoms with Crippen LogP contribution in [-0.4, -0.2) is 45.7 Å².